The van der Waals surface area contributed by atoms with E-state index in [4.69, 9.17) is 151 Å². The molecule has 0 amide bonds. The number of nitrogens with zero attached hydrogens (tertiary/aromatic N) is 4. The van der Waals surface area contributed by atoms with E-state index < -0.39 is 363 Å². The molecule has 12 unspecified atom stereocenters. The summed E-state index contributed by atoms with van der Waals surface area (Å²) in [4.78, 5) is 57.6. The van der Waals surface area contributed by atoms with Crippen molar-refractivity contribution in [2.75, 3.05) is 109 Å². The number of nitrogens with two attached hydrogens (primary N) is 4. The van der Waals surface area contributed by atoms with E-state index in [0.717, 1.165) is 46.1 Å². The Bertz CT molecular complexity index is 7090. The van der Waals surface area contributed by atoms with Crippen LogP contribution in [0.2, 0.25) is 0 Å². The van der Waals surface area contributed by atoms with Gasteiger partial charge in [0.25, 0.3) is 0 Å². The molecule has 8 N–H and O–H groups in total. The Balaban J connectivity index is 0.000000273. The quantitative estimate of drug-likeness (QED) is 0.0303. The normalized spacial score (nSPS) is 44.2. The van der Waals surface area contributed by atoms with Crippen molar-refractivity contribution >= 4 is 23.9 Å². The van der Waals surface area contributed by atoms with Gasteiger partial charge in [-0.1, -0.05) is 110 Å². The number of hydrogen-bond acceptors (Lipinski definition) is 24. The fourth-order valence-corrected chi connectivity index (χ4v) is 13.7. The summed E-state index contributed by atoms with van der Waals surface area (Å²) < 4.78 is 627. The molecule has 0 aliphatic carbocycles. The van der Waals surface area contributed by atoms with Gasteiger partial charge in [0.05, 0.1) is 84.0 Å². The first-order valence-electron chi connectivity index (χ1n) is 71.9. The van der Waals surface area contributed by atoms with Gasteiger partial charge in [0.2, 0.25) is 0 Å². The van der Waals surface area contributed by atoms with Crippen molar-refractivity contribution in [3.05, 3.63) is 93.0 Å². The number of esters is 4. The SMILES string of the molecule is [2H]C([2H])([2H])C([2H])(C([2H])([2H])[2H])[C@]([2H])(N)C(=O)OC1C([2H])([2H])C2([2H])c3cc(OC)c(OC)cc3CCN2C([2H])([2H])C1([2H])CC(C)C.[2H]C([2H])([2H])Oc1cc2c(cc1OC([2H])([2H])[2H])C1([2H])N(CC2)C([2H])([2H])C([2H])(CC(C)C)C(OC(=O)[C@@]([2H])(N)C([2H])(C([2H])([2H])[2H])C([2H])([2H])[2H])C1([2H])[2H].[2H]C([2H])([2H])Oc1cc2c(cc1OC)C1([2H])N(CC2)C([2H])([2H])C([2H])(CC(C)C)C(OC(=O)[C@@]([2H])(N)C([2H])(C([2H])([2H])[2H])C([2H])([2H])[2H])C1([2H])[2H].[2H]C([2H])([2H])Oc1cc2c(cc1OC)CCN1C([2H])([2H])C([2H])(CC(C)C)C(OC(=O)[C@@]([2H])(N)C([2H])(C([2H])([2H])[2H])C([2H])([2H])[2H])C([2H])([2H])C21[2H]. The average Bonchev–Trinajstić information content (AvgIpc) is 0.675. The lowest BCUT2D eigenvalue weighted by Crippen LogP contribution is -2.51. The lowest BCUT2D eigenvalue weighted by Gasteiger charge is -2.47. The molecule has 12 rings (SSSR count). The van der Waals surface area contributed by atoms with Crippen LogP contribution in [0.3, 0.4) is 0 Å². The second kappa shape index (κ2) is 43.9. The molecule has 0 spiro atoms. The van der Waals surface area contributed by atoms with Crippen molar-refractivity contribution in [2.24, 2.45) is 93.8 Å². The number of fused-ring (bicyclic) bond motifs is 12. The van der Waals surface area contributed by atoms with Gasteiger partial charge in [-0.15, -0.1) is 0 Å². The van der Waals surface area contributed by atoms with Crippen LogP contribution in [0.1, 0.15) is 323 Å². The third kappa shape index (κ3) is 23.8. The summed E-state index contributed by atoms with van der Waals surface area (Å²) in [5, 5.41) is 0. The van der Waals surface area contributed by atoms with Crippen LogP contribution in [-0.2, 0) is 63.8 Å². The highest BCUT2D eigenvalue weighted by atomic mass is 16.6. The number of methoxy groups -OCH3 is 8. The summed E-state index contributed by atoms with van der Waals surface area (Å²) >= 11 is 0. The van der Waals surface area contributed by atoms with E-state index in [-0.39, 0.29) is 101 Å². The predicted molar refractivity (Wildman–Crippen MR) is 471 cm³/mol. The number of carbonyl (C=O) groups excluding carboxylic acids is 4. The first-order chi connectivity index (χ1) is 83.1. The zero-order valence-electron chi connectivity index (χ0n) is 136. The Morgan fingerprint density at radius 2 is 0.542 bits per heavy atom. The molecular weight excluding hydrogens is 1520 g/mol. The highest BCUT2D eigenvalue weighted by Gasteiger charge is 2.47. The molecule has 4 aromatic rings. The number of ether oxygens (including phenoxy) is 12. The van der Waals surface area contributed by atoms with Crippen LogP contribution in [0.25, 0.3) is 0 Å². The molecule has 0 saturated carbocycles. The van der Waals surface area contributed by atoms with Gasteiger partial charge in [0.15, 0.2) is 46.0 Å². The first-order valence-corrected chi connectivity index (χ1v) is 37.9. The molecule has 4 saturated heterocycles. The van der Waals surface area contributed by atoms with Crippen molar-refractivity contribution in [3.63, 3.8) is 0 Å². The number of benzene rings is 4. The molecule has 0 bridgehead atoms. The van der Waals surface area contributed by atoms with E-state index in [1.165, 1.54) is 59.4 Å². The lowest BCUT2D eigenvalue weighted by atomic mass is 9.79. The molecule has 4 aromatic carbocycles. The van der Waals surface area contributed by atoms with Gasteiger partial charge in [-0.25, -0.2) is 0 Å². The van der Waals surface area contributed by atoms with Crippen molar-refractivity contribution in [3.8, 4) is 46.0 Å². The van der Waals surface area contributed by atoms with Crippen molar-refractivity contribution in [2.45, 2.75) is 260 Å². The summed E-state index contributed by atoms with van der Waals surface area (Å²) in [6, 6.07) is -18.4. The van der Waals surface area contributed by atoms with Gasteiger partial charge >= 0.3 is 23.9 Å². The second-order valence-electron chi connectivity index (χ2n) is 29.9. The Morgan fingerprint density at radius 1 is 0.350 bits per heavy atom. The molecule has 8 aliphatic heterocycles. The lowest BCUT2D eigenvalue weighted by molar-refractivity contribution is -0.161. The second-order valence-corrected chi connectivity index (χ2v) is 29.9. The van der Waals surface area contributed by atoms with E-state index in [9.17, 15) is 41.1 Å². The van der Waals surface area contributed by atoms with Crippen LogP contribution in [0.4, 0.5) is 0 Å². The zero-order valence-corrected chi connectivity index (χ0v) is 68.4. The highest BCUT2D eigenvalue weighted by molar-refractivity contribution is 5.77. The number of piperidine rings is 4. The van der Waals surface area contributed by atoms with Gasteiger partial charge in [-0.05, 0) is 192 Å². The van der Waals surface area contributed by atoms with Crippen LogP contribution >= 0.6 is 0 Å². The maximum absolute atomic E-state index is 13.7. The monoisotopic (exact) mass is 1740 g/mol. The standard InChI is InChI=1S/4C24H38N2O4/c4*1-14(2)9-17-13-26-8-7-16-10-21(28-5)22(29-6)11-18(16)19(26)12-20(17)30-24(27)23(25)15(3)4/h4*10-11,14-15,17,19-20,23H,7-9,12-13,25H2,1-6H3/t4*17?,19?,20?,23-/m0000/s1/i3D3,4D3,5D3,6D3,12D2,13D2,15D,17D,19D,23D;3D3,4D3,6D3,12D2,13D2,15D,17D,19D,23D;3D3,4D3,5D3,12D2,13D2,15D,17D,19D,23D;3D3,4D3,12D2,13D2,15D,17D,19D,23D. The van der Waals surface area contributed by atoms with Gasteiger partial charge in [0.1, 0.15) is 48.5 Å². The molecule has 0 aromatic heterocycles. The van der Waals surface area contributed by atoms with Gasteiger partial charge in [-0.2, -0.15) is 0 Å². The largest absolute Gasteiger partial charge is 0.493 e. The minimum absolute atomic E-state index is 0.0324. The third-order valence-electron chi connectivity index (χ3n) is 19.3. The Labute approximate surface area is 814 Å². The van der Waals surface area contributed by atoms with Crippen LogP contribution in [-0.4, -0.2) is 201 Å². The highest BCUT2D eigenvalue weighted by Crippen LogP contribution is 2.50. The predicted octanol–water partition coefficient (Wildman–Crippen LogP) is 14.3. The fourth-order valence-electron chi connectivity index (χ4n) is 13.7. The average molecular weight is 1740 g/mol. The van der Waals surface area contributed by atoms with Gasteiger partial charge < -0.3 is 79.8 Å². The molecule has 120 heavy (non-hydrogen) atoms. The van der Waals surface area contributed by atoms with E-state index >= 15 is 0 Å². The summed E-state index contributed by atoms with van der Waals surface area (Å²) in [7, 11) is -7.34. The van der Waals surface area contributed by atoms with Crippen molar-refractivity contribution in [1.29, 1.82) is 0 Å². The maximum atomic E-state index is 13.7. The summed E-state index contributed by atoms with van der Waals surface area (Å²) in [5.41, 5.74) is 22.2. The van der Waals surface area contributed by atoms with Crippen LogP contribution in [0.15, 0.2) is 48.5 Å². The summed E-state index contributed by atoms with van der Waals surface area (Å²) in [6.07, 6.45) is -26.4. The number of carbonyl (C=O) groups is 4. The zero-order chi connectivity index (χ0) is 147. The number of hydrogen-bond donors (Lipinski definition) is 4. The molecule has 0 radical (unpaired) electrons. The van der Waals surface area contributed by atoms with E-state index in [1.54, 1.807) is 41.5 Å². The molecule has 8 aliphatic rings. The molecule has 4 fully saturated rings. The van der Waals surface area contributed by atoms with E-state index in [2.05, 4.69) is 0 Å². The smallest absolute Gasteiger partial charge is 0.323 e. The number of rotatable bonds is 28. The molecule has 24 heteroatoms. The Hall–Kier alpha value is -7.16. The molecule has 16 atom stereocenters. The van der Waals surface area contributed by atoms with E-state index in [1.807, 2.05) is 0 Å². The molecule has 672 valence electrons. The van der Waals surface area contributed by atoms with Crippen LogP contribution in [0.5, 0.6) is 46.0 Å². The van der Waals surface area contributed by atoms with Crippen molar-refractivity contribution in [1.82, 2.24) is 19.6 Å². The minimum atomic E-state index is -4.10. The summed E-state index contributed by atoms with van der Waals surface area (Å²) in [5.74, 6) is -40.9. The van der Waals surface area contributed by atoms with Gasteiger partial charge in [0, 0.05) is 191 Å². The first kappa shape index (κ1) is 39.6. The van der Waals surface area contributed by atoms with Crippen molar-refractivity contribution < 1.29 is 169 Å². The molecular formula is C96H152N8O16. The van der Waals surface area contributed by atoms with Crippen LogP contribution < -0.4 is 60.8 Å². The molecule has 8 heterocycles. The third-order valence-corrected chi connectivity index (χ3v) is 19.3. The Kier molecular flexibility index (Phi) is 14.5. The molecule has 24 nitrogen and oxygen atoms in total. The minimum Gasteiger partial charge on any atom is -0.493 e. The van der Waals surface area contributed by atoms with Gasteiger partial charge in [-0.3, -0.25) is 38.8 Å². The fraction of sp³-hybridized carbons (Fsp3) is 0.708. The van der Waals surface area contributed by atoms with E-state index in [0.29, 0.717) is 10.5 Å². The van der Waals surface area contributed by atoms with Crippen LogP contribution in [0, 0.1) is 70.8 Å². The topological polar surface area (TPSA) is 296 Å². The maximum Gasteiger partial charge on any atom is 0.323 e. The summed E-state index contributed by atoms with van der Waals surface area (Å²) in [6.45, 7) is -32.4. The Morgan fingerprint density at radius 3 is 0.725 bits per heavy atom.